The fraction of sp³-hybridized carbons (Fsp3) is 0.258. The van der Waals surface area contributed by atoms with E-state index >= 15 is 0 Å². The van der Waals surface area contributed by atoms with Gasteiger partial charge in [-0.15, -0.1) is 0 Å². The van der Waals surface area contributed by atoms with Gasteiger partial charge in [0.2, 0.25) is 0 Å². The van der Waals surface area contributed by atoms with E-state index in [1.807, 2.05) is 42.5 Å². The predicted molar refractivity (Wildman–Crippen MR) is 138 cm³/mol. The predicted octanol–water partition coefficient (Wildman–Crippen LogP) is 6.05. The summed E-state index contributed by atoms with van der Waals surface area (Å²) in [6.45, 7) is -0.480. The highest BCUT2D eigenvalue weighted by atomic mass is 19.4. The van der Waals surface area contributed by atoms with Crippen LogP contribution in [-0.4, -0.2) is 36.5 Å². The molecule has 2 fully saturated rings. The van der Waals surface area contributed by atoms with Gasteiger partial charge in [-0.3, -0.25) is 9.59 Å². The Hall–Kier alpha value is -4.40. The highest BCUT2D eigenvalue weighted by Crippen LogP contribution is 2.43. The van der Waals surface area contributed by atoms with Crippen molar-refractivity contribution in [1.82, 2.24) is 0 Å². The van der Waals surface area contributed by atoms with E-state index < -0.39 is 48.2 Å². The summed E-state index contributed by atoms with van der Waals surface area (Å²) < 4.78 is 55.2. The Kier molecular flexibility index (Phi) is 7.73. The molecule has 3 aromatic rings. The minimum Gasteiger partial charge on any atom is -0.485 e. The molecule has 1 unspecified atom stereocenters. The summed E-state index contributed by atoms with van der Waals surface area (Å²) in [6.07, 6.45) is -2.34. The lowest BCUT2D eigenvalue weighted by Gasteiger charge is -2.20. The molecule has 0 radical (unpaired) electrons. The van der Waals surface area contributed by atoms with E-state index in [1.54, 1.807) is 18.2 Å². The molecule has 9 heteroatoms. The highest BCUT2D eigenvalue weighted by Gasteiger charge is 2.50. The van der Waals surface area contributed by atoms with Crippen LogP contribution < -0.4 is 4.74 Å². The van der Waals surface area contributed by atoms with Crippen LogP contribution in [0.5, 0.6) is 5.75 Å². The van der Waals surface area contributed by atoms with Gasteiger partial charge in [0, 0.05) is 18.3 Å². The zero-order valence-electron chi connectivity index (χ0n) is 21.2. The maximum Gasteiger partial charge on any atom is 0.416 e. The van der Waals surface area contributed by atoms with Crippen molar-refractivity contribution in [3.63, 3.8) is 0 Å². The number of halogens is 3. The van der Waals surface area contributed by atoms with Gasteiger partial charge in [0.1, 0.15) is 18.0 Å². The van der Waals surface area contributed by atoms with Gasteiger partial charge in [-0.25, -0.2) is 4.79 Å². The lowest BCUT2D eigenvalue weighted by molar-refractivity contribution is -0.142. The zero-order chi connectivity index (χ0) is 28.3. The van der Waals surface area contributed by atoms with Gasteiger partial charge in [0.15, 0.2) is 12.4 Å². The van der Waals surface area contributed by atoms with Crippen molar-refractivity contribution in [2.75, 3.05) is 6.61 Å². The van der Waals surface area contributed by atoms with Gasteiger partial charge in [0.05, 0.1) is 17.5 Å². The molecule has 1 saturated carbocycles. The molecule has 1 heterocycles. The number of rotatable bonds is 8. The van der Waals surface area contributed by atoms with Gasteiger partial charge in [-0.05, 0) is 47.5 Å². The first-order valence-electron chi connectivity index (χ1n) is 12.7. The first kappa shape index (κ1) is 27.2. The Labute approximate surface area is 228 Å². The highest BCUT2D eigenvalue weighted by molar-refractivity contribution is 5.91. The van der Waals surface area contributed by atoms with Crippen molar-refractivity contribution < 1.29 is 41.8 Å². The van der Waals surface area contributed by atoms with E-state index in [4.69, 9.17) is 14.2 Å². The Bertz CT molecular complexity index is 1410. The van der Waals surface area contributed by atoms with Crippen LogP contribution in [0.15, 0.2) is 91.0 Å². The number of carbonyl (C=O) groups is 3. The van der Waals surface area contributed by atoms with Crippen molar-refractivity contribution in [3.05, 3.63) is 102 Å². The van der Waals surface area contributed by atoms with Crippen LogP contribution in [-0.2, 0) is 25.2 Å². The second-order valence-corrected chi connectivity index (χ2v) is 9.74. The largest absolute Gasteiger partial charge is 0.485 e. The number of ether oxygens (including phenoxy) is 3. The molecule has 4 atom stereocenters. The summed E-state index contributed by atoms with van der Waals surface area (Å²) in [5.41, 5.74) is 1.45. The molecule has 6 nitrogen and oxygen atoms in total. The van der Waals surface area contributed by atoms with Crippen LogP contribution in [0.25, 0.3) is 11.1 Å². The average Bonchev–Trinajstić information content (AvgIpc) is 3.46. The second-order valence-electron chi connectivity index (χ2n) is 9.74. The molecule has 3 aromatic carbocycles. The van der Waals surface area contributed by atoms with Gasteiger partial charge in [-0.2, -0.15) is 13.2 Å². The summed E-state index contributed by atoms with van der Waals surface area (Å²) in [7, 11) is 0. The van der Waals surface area contributed by atoms with E-state index in [9.17, 15) is 27.6 Å². The molecule has 0 amide bonds. The van der Waals surface area contributed by atoms with Crippen molar-refractivity contribution in [1.29, 1.82) is 0 Å². The third-order valence-corrected chi connectivity index (χ3v) is 7.08. The molecular weight excluding hydrogens is 525 g/mol. The molecule has 206 valence electrons. The first-order valence-corrected chi connectivity index (χ1v) is 12.7. The number of hydrogen-bond donors (Lipinski definition) is 0. The Morgan fingerprint density at radius 3 is 2.40 bits per heavy atom. The van der Waals surface area contributed by atoms with E-state index in [0.717, 1.165) is 23.3 Å². The lowest BCUT2D eigenvalue weighted by atomic mass is 9.91. The summed E-state index contributed by atoms with van der Waals surface area (Å²) >= 11 is 0. The maximum atomic E-state index is 13.0. The van der Waals surface area contributed by atoms with Gasteiger partial charge in [-0.1, -0.05) is 54.6 Å². The van der Waals surface area contributed by atoms with Crippen LogP contribution in [0, 0.1) is 11.8 Å². The number of benzene rings is 3. The summed E-state index contributed by atoms with van der Waals surface area (Å²) in [5.74, 6) is -2.19. The van der Waals surface area contributed by atoms with E-state index in [0.29, 0.717) is 12.0 Å². The van der Waals surface area contributed by atoms with Crippen LogP contribution in [0.3, 0.4) is 0 Å². The first-order chi connectivity index (χ1) is 19.2. The molecule has 1 aliphatic heterocycles. The Balaban J connectivity index is 1.23. The van der Waals surface area contributed by atoms with Gasteiger partial charge in [0.25, 0.3) is 0 Å². The molecule has 0 bridgehead atoms. The van der Waals surface area contributed by atoms with Crippen molar-refractivity contribution in [2.45, 2.75) is 31.2 Å². The third-order valence-electron chi connectivity index (χ3n) is 7.08. The normalized spacial score (nSPS) is 22.1. The molecule has 5 rings (SSSR count). The van der Waals surface area contributed by atoms with Gasteiger partial charge >= 0.3 is 18.1 Å². The van der Waals surface area contributed by atoms with E-state index in [1.165, 1.54) is 18.2 Å². The zero-order valence-corrected chi connectivity index (χ0v) is 21.2. The number of fused-ring (bicyclic) bond motifs is 1. The number of hydrogen-bond acceptors (Lipinski definition) is 6. The molecule has 1 saturated heterocycles. The number of esters is 2. The van der Waals surface area contributed by atoms with Crippen molar-refractivity contribution >= 4 is 17.7 Å². The third kappa shape index (κ3) is 6.25. The average molecular weight is 551 g/mol. The second kappa shape index (κ2) is 11.4. The van der Waals surface area contributed by atoms with Gasteiger partial charge < -0.3 is 14.2 Å². The smallest absolute Gasteiger partial charge is 0.416 e. The Morgan fingerprint density at radius 1 is 0.950 bits per heavy atom. The quantitative estimate of drug-likeness (QED) is 0.251. The summed E-state index contributed by atoms with van der Waals surface area (Å²) in [6, 6.07) is 21.0. The molecule has 0 N–H and O–H groups in total. The van der Waals surface area contributed by atoms with Crippen LogP contribution >= 0.6 is 0 Å². The molecule has 2 aliphatic rings. The fourth-order valence-corrected chi connectivity index (χ4v) is 5.11. The fourth-order valence-electron chi connectivity index (χ4n) is 5.11. The molecule has 0 aromatic heterocycles. The van der Waals surface area contributed by atoms with Crippen LogP contribution in [0.2, 0.25) is 0 Å². The van der Waals surface area contributed by atoms with Crippen LogP contribution in [0.1, 0.15) is 28.8 Å². The maximum absolute atomic E-state index is 13.0. The van der Waals surface area contributed by atoms with Crippen LogP contribution in [0.4, 0.5) is 13.2 Å². The standard InChI is InChI=1S/C31H25F3O6/c32-31(33,34)22-7-4-8-24(15-22)38-18-23(35)13-14-25-26-16-29(36)39-28(26)17-27(25)40-30(37)21-11-9-20(10-12-21)19-5-2-1-3-6-19/h1-15,25-28H,16-18H2/b14-13+/t25-,26-,27?,28+/m1/s1. The summed E-state index contributed by atoms with van der Waals surface area (Å²) in [5, 5.41) is 0. The minimum atomic E-state index is -4.53. The lowest BCUT2D eigenvalue weighted by Crippen LogP contribution is -2.25. The molecule has 40 heavy (non-hydrogen) atoms. The number of ketones is 1. The molecule has 0 spiro atoms. The summed E-state index contributed by atoms with van der Waals surface area (Å²) in [4.78, 5) is 37.3. The van der Waals surface area contributed by atoms with Crippen molar-refractivity contribution in [3.8, 4) is 16.9 Å². The monoisotopic (exact) mass is 550 g/mol. The topological polar surface area (TPSA) is 78.9 Å². The molecule has 1 aliphatic carbocycles. The number of alkyl halides is 3. The van der Waals surface area contributed by atoms with Crippen molar-refractivity contribution in [2.24, 2.45) is 11.8 Å². The van der Waals surface area contributed by atoms with E-state index in [2.05, 4.69) is 0 Å². The SMILES string of the molecule is O=C(/C=C/[C@H]1C(OC(=O)c2ccc(-c3ccccc3)cc2)C[C@@H]2OC(=O)C[C@@H]21)COc1cccc(C(F)(F)F)c1. The molecular formula is C31H25F3O6. The minimum absolute atomic E-state index is 0.0858. The van der Waals surface area contributed by atoms with E-state index in [-0.39, 0.29) is 24.1 Å². The Morgan fingerprint density at radius 2 is 1.68 bits per heavy atom. The number of carbonyl (C=O) groups excluding carboxylic acids is 3.